The fraction of sp³-hybridized carbons (Fsp3) is 0.538. The van der Waals surface area contributed by atoms with Gasteiger partial charge >= 0.3 is 0 Å². The van der Waals surface area contributed by atoms with Crippen LogP contribution >= 0.6 is 11.6 Å². The smallest absolute Gasteiger partial charge is 0.138 e. The van der Waals surface area contributed by atoms with Gasteiger partial charge in [0.25, 0.3) is 0 Å². The molecule has 0 saturated carbocycles. The summed E-state index contributed by atoms with van der Waals surface area (Å²) in [6, 6.07) is 6.01. The third-order valence-electron chi connectivity index (χ3n) is 2.95. The monoisotopic (exact) mass is 241 g/mol. The zero-order valence-electron chi connectivity index (χ0n) is 10.2. The first-order valence-corrected chi connectivity index (χ1v) is 6.10. The number of para-hydroxylation sites is 1. The average Bonchev–Trinajstić information content (AvgIpc) is 2.25. The molecule has 1 N–H and O–H groups in total. The third-order valence-corrected chi connectivity index (χ3v) is 3.25. The molecule has 1 rings (SSSR count). The molecule has 0 spiro atoms. The van der Waals surface area contributed by atoms with Gasteiger partial charge in [-0.05, 0) is 26.5 Å². The Bertz CT molecular complexity index is 341. The van der Waals surface area contributed by atoms with Crippen LogP contribution < -0.4 is 0 Å². The van der Waals surface area contributed by atoms with Gasteiger partial charge in [-0.1, -0.05) is 37.1 Å². The number of hydrogen-bond acceptors (Lipinski definition) is 2. The van der Waals surface area contributed by atoms with Gasteiger partial charge in [0.2, 0.25) is 0 Å². The lowest BCUT2D eigenvalue weighted by Gasteiger charge is -2.24. The van der Waals surface area contributed by atoms with Crippen molar-refractivity contribution >= 4 is 11.6 Å². The number of phenols is 1. The van der Waals surface area contributed by atoms with Gasteiger partial charge in [0, 0.05) is 18.2 Å². The number of aromatic hydroxyl groups is 1. The molecule has 1 atom stereocenters. The summed E-state index contributed by atoms with van der Waals surface area (Å²) in [5.41, 5.74) is 0.887. The van der Waals surface area contributed by atoms with E-state index in [0.29, 0.717) is 11.1 Å². The number of halogens is 1. The predicted molar refractivity (Wildman–Crippen MR) is 69.0 cm³/mol. The van der Waals surface area contributed by atoms with Gasteiger partial charge in [-0.15, -0.1) is 0 Å². The van der Waals surface area contributed by atoms with Crippen molar-refractivity contribution < 1.29 is 5.11 Å². The molecule has 3 heteroatoms. The predicted octanol–water partition coefficient (Wildman–Crippen LogP) is 3.67. The van der Waals surface area contributed by atoms with Gasteiger partial charge in [-0.2, -0.15) is 0 Å². The minimum absolute atomic E-state index is 0.208. The van der Waals surface area contributed by atoms with Crippen LogP contribution in [0.25, 0.3) is 0 Å². The molecule has 0 saturated heterocycles. The van der Waals surface area contributed by atoms with E-state index < -0.39 is 0 Å². The number of nitrogens with zero attached hydrogens (tertiary/aromatic N) is 1. The molecule has 1 aromatic carbocycles. The van der Waals surface area contributed by atoms with Crippen LogP contribution in [0, 0.1) is 0 Å². The molecule has 0 heterocycles. The molecule has 0 aliphatic carbocycles. The number of phenolic OH excluding ortho intramolecular Hbond substituents is 1. The lowest BCUT2D eigenvalue weighted by atomic mass is 10.1. The topological polar surface area (TPSA) is 23.5 Å². The third kappa shape index (κ3) is 3.39. The van der Waals surface area contributed by atoms with Crippen molar-refractivity contribution in [2.24, 2.45) is 0 Å². The largest absolute Gasteiger partial charge is 0.506 e. The maximum Gasteiger partial charge on any atom is 0.138 e. The van der Waals surface area contributed by atoms with Crippen molar-refractivity contribution in [2.45, 2.75) is 39.3 Å². The van der Waals surface area contributed by atoms with Gasteiger partial charge in [0.05, 0.1) is 5.02 Å². The van der Waals surface area contributed by atoms with Crippen LogP contribution in [0.5, 0.6) is 5.75 Å². The molecule has 16 heavy (non-hydrogen) atoms. The van der Waals surface area contributed by atoms with Crippen LogP contribution in [-0.2, 0) is 6.54 Å². The first kappa shape index (κ1) is 13.3. The van der Waals surface area contributed by atoms with Crippen LogP contribution in [-0.4, -0.2) is 23.1 Å². The standard InChI is InChI=1S/C13H20ClNO/c1-4-6-10(2)15(3)9-11-7-5-8-12(14)13(11)16/h5,7-8,10,16H,4,6,9H2,1-3H3. The Kier molecular flexibility index (Phi) is 5.10. The van der Waals surface area contributed by atoms with E-state index in [1.807, 2.05) is 12.1 Å². The van der Waals surface area contributed by atoms with Crippen molar-refractivity contribution in [1.82, 2.24) is 4.90 Å². The Labute approximate surface area is 103 Å². The fourth-order valence-electron chi connectivity index (χ4n) is 1.75. The zero-order chi connectivity index (χ0) is 12.1. The molecule has 0 amide bonds. The Hall–Kier alpha value is -0.730. The van der Waals surface area contributed by atoms with E-state index in [4.69, 9.17) is 11.6 Å². The molecule has 0 aromatic heterocycles. The Morgan fingerprint density at radius 2 is 2.12 bits per heavy atom. The molecule has 2 nitrogen and oxygen atoms in total. The molecular weight excluding hydrogens is 222 g/mol. The Balaban J connectivity index is 2.69. The normalized spacial score (nSPS) is 13.1. The first-order valence-electron chi connectivity index (χ1n) is 5.72. The summed E-state index contributed by atoms with van der Waals surface area (Å²) in [6.07, 6.45) is 2.34. The molecule has 1 aromatic rings. The Morgan fingerprint density at radius 1 is 1.44 bits per heavy atom. The van der Waals surface area contributed by atoms with E-state index in [1.165, 1.54) is 6.42 Å². The highest BCUT2D eigenvalue weighted by molar-refractivity contribution is 6.32. The van der Waals surface area contributed by atoms with E-state index in [9.17, 15) is 5.11 Å². The number of rotatable bonds is 5. The minimum Gasteiger partial charge on any atom is -0.506 e. The molecule has 0 aliphatic rings. The number of benzene rings is 1. The summed E-state index contributed by atoms with van der Waals surface area (Å²) < 4.78 is 0. The zero-order valence-corrected chi connectivity index (χ0v) is 11.0. The van der Waals surface area contributed by atoms with Gasteiger partial charge in [-0.3, -0.25) is 4.90 Å². The summed E-state index contributed by atoms with van der Waals surface area (Å²) in [7, 11) is 2.07. The van der Waals surface area contributed by atoms with Crippen molar-refractivity contribution in [2.75, 3.05) is 7.05 Å². The van der Waals surface area contributed by atoms with Crippen LogP contribution in [0.4, 0.5) is 0 Å². The van der Waals surface area contributed by atoms with Crippen LogP contribution in [0.3, 0.4) is 0 Å². The molecule has 0 fully saturated rings. The van der Waals surface area contributed by atoms with Crippen molar-refractivity contribution in [3.8, 4) is 5.75 Å². The fourth-order valence-corrected chi connectivity index (χ4v) is 1.94. The van der Waals surface area contributed by atoms with E-state index in [2.05, 4.69) is 25.8 Å². The second-order valence-corrected chi connectivity index (χ2v) is 4.71. The van der Waals surface area contributed by atoms with Gasteiger partial charge in [-0.25, -0.2) is 0 Å². The van der Waals surface area contributed by atoms with Crippen LogP contribution in [0.1, 0.15) is 32.3 Å². The van der Waals surface area contributed by atoms with E-state index in [-0.39, 0.29) is 5.75 Å². The van der Waals surface area contributed by atoms with E-state index >= 15 is 0 Å². The van der Waals surface area contributed by atoms with Crippen molar-refractivity contribution in [3.63, 3.8) is 0 Å². The summed E-state index contributed by atoms with van der Waals surface area (Å²) in [5.74, 6) is 0.208. The van der Waals surface area contributed by atoms with Gasteiger partial charge in [0.15, 0.2) is 0 Å². The molecule has 0 radical (unpaired) electrons. The minimum atomic E-state index is 0.208. The summed E-state index contributed by atoms with van der Waals surface area (Å²) in [4.78, 5) is 2.23. The molecular formula is C13H20ClNO. The van der Waals surface area contributed by atoms with E-state index in [1.54, 1.807) is 6.07 Å². The van der Waals surface area contributed by atoms with Gasteiger partial charge in [0.1, 0.15) is 5.75 Å². The summed E-state index contributed by atoms with van der Waals surface area (Å²) in [5, 5.41) is 10.2. The molecule has 0 aliphatic heterocycles. The maximum absolute atomic E-state index is 9.80. The lowest BCUT2D eigenvalue weighted by Crippen LogP contribution is -2.28. The number of hydrogen-bond donors (Lipinski definition) is 1. The average molecular weight is 242 g/mol. The van der Waals surface area contributed by atoms with Gasteiger partial charge < -0.3 is 5.11 Å². The van der Waals surface area contributed by atoms with Crippen molar-refractivity contribution in [1.29, 1.82) is 0 Å². The van der Waals surface area contributed by atoms with Crippen molar-refractivity contribution in [3.05, 3.63) is 28.8 Å². The highest BCUT2D eigenvalue weighted by atomic mass is 35.5. The van der Waals surface area contributed by atoms with E-state index in [0.717, 1.165) is 18.5 Å². The van der Waals surface area contributed by atoms with Crippen LogP contribution in [0.15, 0.2) is 18.2 Å². The SMILES string of the molecule is CCCC(C)N(C)Cc1cccc(Cl)c1O. The van der Waals surface area contributed by atoms with Crippen LogP contribution in [0.2, 0.25) is 5.02 Å². The highest BCUT2D eigenvalue weighted by Gasteiger charge is 2.12. The lowest BCUT2D eigenvalue weighted by molar-refractivity contribution is 0.234. The maximum atomic E-state index is 9.80. The Morgan fingerprint density at radius 3 is 2.75 bits per heavy atom. The second kappa shape index (κ2) is 6.12. The summed E-state index contributed by atoms with van der Waals surface area (Å²) >= 11 is 5.87. The molecule has 0 bridgehead atoms. The first-order chi connectivity index (χ1) is 7.56. The summed E-state index contributed by atoms with van der Waals surface area (Å²) in [6.45, 7) is 5.11. The molecule has 1 unspecified atom stereocenters. The highest BCUT2D eigenvalue weighted by Crippen LogP contribution is 2.28. The second-order valence-electron chi connectivity index (χ2n) is 4.30. The molecule has 90 valence electrons. The quantitative estimate of drug-likeness (QED) is 0.851.